The van der Waals surface area contributed by atoms with Crippen molar-refractivity contribution in [2.75, 3.05) is 10.4 Å². The SMILES string of the molecule is C=CCc1cccc([C@H]2C3=CC[C@@H]4C(=O)N(c5ccc(CC)cc5)C(=O)[C@@H]4[C@@H]3C[C@@]3(Cl)C(=O)N(CBr)C(=O)[C@@]23Cl)c1O. The topological polar surface area (TPSA) is 95.0 Å². The Bertz CT molecular complexity index is 1570. The first-order valence-corrected chi connectivity index (χ1v) is 15.8. The Labute approximate surface area is 262 Å². The number of rotatable bonds is 6. The van der Waals surface area contributed by atoms with Crippen LogP contribution in [0.1, 0.15) is 42.4 Å². The summed E-state index contributed by atoms with van der Waals surface area (Å²) < 4.78 is 0. The van der Waals surface area contributed by atoms with Gasteiger partial charge in [0.1, 0.15) is 5.75 Å². The fourth-order valence-electron chi connectivity index (χ4n) is 7.40. The average molecular weight is 672 g/mol. The number of aromatic hydroxyl groups is 1. The summed E-state index contributed by atoms with van der Waals surface area (Å²) in [7, 11) is 0. The van der Waals surface area contributed by atoms with E-state index in [0.29, 0.717) is 28.8 Å². The highest BCUT2D eigenvalue weighted by Crippen LogP contribution is 2.66. The van der Waals surface area contributed by atoms with Crippen LogP contribution < -0.4 is 4.90 Å². The van der Waals surface area contributed by atoms with Crippen LogP contribution in [-0.2, 0) is 32.0 Å². The summed E-state index contributed by atoms with van der Waals surface area (Å²) in [5.41, 5.74) is 3.00. The molecule has 4 amide bonds. The number of imide groups is 2. The van der Waals surface area contributed by atoms with Gasteiger partial charge in [0.15, 0.2) is 9.75 Å². The van der Waals surface area contributed by atoms with Gasteiger partial charge in [-0.3, -0.25) is 29.0 Å². The summed E-state index contributed by atoms with van der Waals surface area (Å²) in [6, 6.07) is 12.5. The molecule has 2 aromatic carbocycles. The summed E-state index contributed by atoms with van der Waals surface area (Å²) in [5, 5.41) is 11.4. The molecule has 1 saturated carbocycles. The third kappa shape index (κ3) is 3.77. The number of amides is 4. The van der Waals surface area contributed by atoms with Gasteiger partial charge in [-0.05, 0) is 54.9 Å². The lowest BCUT2D eigenvalue weighted by atomic mass is 9.56. The summed E-state index contributed by atoms with van der Waals surface area (Å²) in [4.78, 5) is 53.9. The third-order valence-corrected chi connectivity index (χ3v) is 11.4. The van der Waals surface area contributed by atoms with Gasteiger partial charge in [0.25, 0.3) is 11.8 Å². The maximum absolute atomic E-state index is 14.1. The molecule has 7 nitrogen and oxygen atoms in total. The Morgan fingerprint density at radius 1 is 1.05 bits per heavy atom. The largest absolute Gasteiger partial charge is 0.507 e. The highest BCUT2D eigenvalue weighted by Gasteiger charge is 2.76. The van der Waals surface area contributed by atoms with Gasteiger partial charge in [0.2, 0.25) is 11.8 Å². The molecule has 6 atom stereocenters. The first-order valence-electron chi connectivity index (χ1n) is 13.9. The fraction of sp³-hybridized carbons (Fsp3) is 0.375. The molecule has 6 rings (SSSR count). The number of carbonyl (C=O) groups is 4. The lowest BCUT2D eigenvalue weighted by Crippen LogP contribution is -2.60. The number of halogens is 3. The quantitative estimate of drug-likeness (QED) is 0.187. The highest BCUT2D eigenvalue weighted by molar-refractivity contribution is 9.09. The Morgan fingerprint density at radius 2 is 1.76 bits per heavy atom. The molecule has 0 aromatic heterocycles. The number of likely N-dealkylation sites (tertiary alicyclic amines) is 1. The van der Waals surface area contributed by atoms with Crippen LogP contribution in [0.3, 0.4) is 0 Å². The van der Waals surface area contributed by atoms with Crippen molar-refractivity contribution >= 4 is 68.4 Å². The van der Waals surface area contributed by atoms with E-state index in [0.717, 1.165) is 16.9 Å². The predicted molar refractivity (Wildman–Crippen MR) is 164 cm³/mol. The first-order chi connectivity index (χ1) is 20.0. The van der Waals surface area contributed by atoms with E-state index in [-0.39, 0.29) is 35.9 Å². The van der Waals surface area contributed by atoms with Gasteiger partial charge < -0.3 is 5.11 Å². The smallest absolute Gasteiger partial charge is 0.254 e. The van der Waals surface area contributed by atoms with Crippen LogP contribution in [0.15, 0.2) is 66.8 Å². The number of carbonyl (C=O) groups excluding carboxylic acids is 4. The van der Waals surface area contributed by atoms with Crippen LogP contribution in [0.4, 0.5) is 5.69 Å². The second-order valence-electron chi connectivity index (χ2n) is 11.4. The second kappa shape index (κ2) is 10.4. The van der Waals surface area contributed by atoms with Crippen molar-refractivity contribution in [3.8, 4) is 5.75 Å². The van der Waals surface area contributed by atoms with E-state index in [4.69, 9.17) is 23.2 Å². The van der Waals surface area contributed by atoms with Crippen LogP contribution in [0.5, 0.6) is 5.75 Å². The van der Waals surface area contributed by atoms with E-state index < -0.39 is 45.2 Å². The Morgan fingerprint density at radius 3 is 2.40 bits per heavy atom. The van der Waals surface area contributed by atoms with Crippen molar-refractivity contribution in [1.29, 1.82) is 0 Å². The number of hydrogen-bond donors (Lipinski definition) is 1. The van der Waals surface area contributed by atoms with E-state index in [2.05, 4.69) is 22.5 Å². The molecule has 1 N–H and O–H groups in total. The maximum Gasteiger partial charge on any atom is 0.254 e. The molecule has 4 aliphatic rings. The molecular formula is C32H29BrCl2N2O5. The van der Waals surface area contributed by atoms with Gasteiger partial charge in [-0.15, -0.1) is 29.8 Å². The molecular weight excluding hydrogens is 643 g/mol. The molecule has 2 aromatic rings. The van der Waals surface area contributed by atoms with Gasteiger partial charge >= 0.3 is 0 Å². The van der Waals surface area contributed by atoms with Crippen molar-refractivity contribution < 1.29 is 24.3 Å². The van der Waals surface area contributed by atoms with E-state index in [1.54, 1.807) is 36.4 Å². The summed E-state index contributed by atoms with van der Waals surface area (Å²) in [6.07, 6.45) is 4.84. The molecule has 0 unspecified atom stereocenters. The number of para-hydroxylation sites is 1. The molecule has 0 radical (unpaired) electrons. The minimum atomic E-state index is -1.97. The number of aryl methyl sites for hydroxylation is 1. The molecule has 2 aliphatic carbocycles. The summed E-state index contributed by atoms with van der Waals surface area (Å²) in [6.45, 7) is 5.79. The Balaban J connectivity index is 1.52. The van der Waals surface area contributed by atoms with Gasteiger partial charge in [-0.1, -0.05) is 70.9 Å². The van der Waals surface area contributed by atoms with Crippen molar-refractivity contribution in [2.45, 2.75) is 48.3 Å². The Kier molecular flexibility index (Phi) is 7.18. The van der Waals surface area contributed by atoms with Gasteiger partial charge in [0.05, 0.1) is 23.0 Å². The zero-order valence-corrected chi connectivity index (χ0v) is 26.0. The fourth-order valence-corrected chi connectivity index (χ4v) is 8.82. The zero-order valence-electron chi connectivity index (χ0n) is 22.9. The minimum Gasteiger partial charge on any atom is -0.507 e. The molecule has 2 heterocycles. The molecule has 0 bridgehead atoms. The summed E-state index contributed by atoms with van der Waals surface area (Å²) in [5.74, 6) is -5.24. The van der Waals surface area contributed by atoms with Gasteiger partial charge in [0, 0.05) is 11.5 Å². The van der Waals surface area contributed by atoms with Gasteiger partial charge in [-0.2, -0.15) is 0 Å². The molecule has 3 fully saturated rings. The monoisotopic (exact) mass is 670 g/mol. The molecule has 10 heteroatoms. The van der Waals surface area contributed by atoms with Crippen LogP contribution >= 0.6 is 39.1 Å². The number of phenolic OH excluding ortho intramolecular Hbond substituents is 1. The third-order valence-electron chi connectivity index (χ3n) is 9.44. The van der Waals surface area contributed by atoms with Crippen molar-refractivity contribution in [1.82, 2.24) is 4.90 Å². The number of benzene rings is 2. The number of allylic oxidation sites excluding steroid dienone is 3. The first kappa shape index (κ1) is 29.1. The lowest BCUT2D eigenvalue weighted by molar-refractivity contribution is -0.138. The van der Waals surface area contributed by atoms with Crippen LogP contribution in [-0.4, -0.2) is 48.8 Å². The van der Waals surface area contributed by atoms with Crippen molar-refractivity contribution in [3.63, 3.8) is 0 Å². The number of phenols is 1. The average Bonchev–Trinajstić information content (AvgIpc) is 3.32. The number of alkyl halides is 3. The van der Waals surface area contributed by atoms with Crippen LogP contribution in [0.25, 0.3) is 0 Å². The lowest BCUT2D eigenvalue weighted by Gasteiger charge is -2.50. The van der Waals surface area contributed by atoms with Crippen molar-refractivity contribution in [2.24, 2.45) is 17.8 Å². The number of fused-ring (bicyclic) bond motifs is 4. The van der Waals surface area contributed by atoms with Gasteiger partial charge in [-0.25, -0.2) is 0 Å². The van der Waals surface area contributed by atoms with E-state index in [9.17, 15) is 24.3 Å². The number of nitrogens with zero attached hydrogens (tertiary/aromatic N) is 2. The molecule has 0 spiro atoms. The standard InChI is InChI=1S/C32H29BrCl2N2O5/c1-3-6-18-7-5-8-22(26(18)38)25-20-13-14-21-24(28(40)37(27(21)39)19-11-9-17(4-2)10-12-19)23(20)15-31(34)29(41)36(16-33)30(42)32(25,31)35/h3,5,7-13,21,23-25,38H,1,4,6,14-16H2,2H3/t21-,23+,24-,25+,31+,32-/m0/s1. The highest BCUT2D eigenvalue weighted by atomic mass is 79.9. The minimum absolute atomic E-state index is 0.0749. The second-order valence-corrected chi connectivity index (χ2v) is 13.1. The molecule has 42 heavy (non-hydrogen) atoms. The van der Waals surface area contributed by atoms with E-state index in [1.165, 1.54) is 4.90 Å². The normalized spacial score (nSPS) is 32.0. The predicted octanol–water partition coefficient (Wildman–Crippen LogP) is 5.60. The molecule has 218 valence electrons. The van der Waals surface area contributed by atoms with E-state index in [1.807, 2.05) is 25.1 Å². The Hall–Kier alpha value is -2.94. The van der Waals surface area contributed by atoms with Crippen LogP contribution in [0, 0.1) is 17.8 Å². The molecule has 2 aliphatic heterocycles. The molecule has 2 saturated heterocycles. The van der Waals surface area contributed by atoms with Crippen LogP contribution in [0.2, 0.25) is 0 Å². The van der Waals surface area contributed by atoms with E-state index >= 15 is 0 Å². The van der Waals surface area contributed by atoms with Crippen molar-refractivity contribution in [3.05, 3.63) is 83.5 Å². The maximum atomic E-state index is 14.1. The summed E-state index contributed by atoms with van der Waals surface area (Å²) >= 11 is 17.8. The number of anilines is 1. The zero-order chi connectivity index (χ0) is 30.1. The number of hydrogen-bond acceptors (Lipinski definition) is 5.